The second kappa shape index (κ2) is 5.71. The highest BCUT2D eigenvalue weighted by atomic mass is 19.1. The molecule has 0 atom stereocenters. The Morgan fingerprint density at radius 2 is 1.91 bits per heavy atom. The molecular weight excluding hydrogens is 285 g/mol. The lowest BCUT2D eigenvalue weighted by Gasteiger charge is -2.16. The van der Waals surface area contributed by atoms with Crippen LogP contribution in [0, 0.1) is 12.7 Å². The summed E-state index contributed by atoms with van der Waals surface area (Å²) >= 11 is 0. The number of aromatic nitrogens is 2. The van der Waals surface area contributed by atoms with E-state index in [4.69, 9.17) is 0 Å². The quantitative estimate of drug-likeness (QED) is 0.851. The van der Waals surface area contributed by atoms with Crippen molar-refractivity contribution in [2.24, 2.45) is 0 Å². The maximum atomic E-state index is 14.0. The van der Waals surface area contributed by atoms with E-state index < -0.39 is 11.2 Å². The third-order valence-electron chi connectivity index (χ3n) is 3.78. The van der Waals surface area contributed by atoms with Crippen molar-refractivity contribution in [1.29, 1.82) is 0 Å². The molecule has 1 aromatic carbocycles. The van der Waals surface area contributed by atoms with Gasteiger partial charge in [0.25, 0.3) is 5.91 Å². The Balaban J connectivity index is 2.09. The van der Waals surface area contributed by atoms with Crippen molar-refractivity contribution in [2.45, 2.75) is 19.8 Å². The van der Waals surface area contributed by atoms with E-state index in [1.165, 1.54) is 16.8 Å². The van der Waals surface area contributed by atoms with Gasteiger partial charge in [-0.3, -0.25) is 9.59 Å². The average Bonchev–Trinajstić information content (AvgIpc) is 3.02. The van der Waals surface area contributed by atoms with E-state index in [0.717, 1.165) is 12.8 Å². The third kappa shape index (κ3) is 2.52. The Bertz CT molecular complexity index is 779. The summed E-state index contributed by atoms with van der Waals surface area (Å²) in [6, 6.07) is 7.45. The Labute approximate surface area is 127 Å². The monoisotopic (exact) mass is 301 g/mol. The van der Waals surface area contributed by atoms with Crippen LogP contribution in [0.2, 0.25) is 0 Å². The number of benzene rings is 1. The number of para-hydroxylation sites is 1. The second-order valence-electron chi connectivity index (χ2n) is 5.36. The van der Waals surface area contributed by atoms with Crippen LogP contribution in [0.4, 0.5) is 4.39 Å². The molecule has 1 fully saturated rings. The van der Waals surface area contributed by atoms with Gasteiger partial charge in [0.2, 0.25) is 5.43 Å². The number of rotatable bonds is 2. The molecule has 0 unspecified atom stereocenters. The van der Waals surface area contributed by atoms with Crippen LogP contribution in [-0.4, -0.2) is 33.7 Å². The largest absolute Gasteiger partial charge is 0.337 e. The normalized spacial score (nSPS) is 14.4. The number of hydrogen-bond acceptors (Lipinski definition) is 3. The topological polar surface area (TPSA) is 55.2 Å². The van der Waals surface area contributed by atoms with E-state index >= 15 is 0 Å². The predicted octanol–water partition coefficient (Wildman–Crippen LogP) is 1.92. The van der Waals surface area contributed by atoms with Crippen molar-refractivity contribution in [1.82, 2.24) is 14.7 Å². The van der Waals surface area contributed by atoms with Crippen molar-refractivity contribution in [3.8, 4) is 5.69 Å². The van der Waals surface area contributed by atoms with Crippen LogP contribution in [0.15, 0.2) is 35.1 Å². The Morgan fingerprint density at radius 1 is 1.23 bits per heavy atom. The predicted molar refractivity (Wildman–Crippen MR) is 79.7 cm³/mol. The molecule has 1 saturated heterocycles. The summed E-state index contributed by atoms with van der Waals surface area (Å²) < 4.78 is 15.3. The molecule has 0 radical (unpaired) electrons. The molecular formula is C16H16FN3O2. The number of aryl methyl sites for hydroxylation is 1. The molecule has 0 aliphatic carbocycles. The number of halogens is 1. The van der Waals surface area contributed by atoms with Crippen molar-refractivity contribution in [2.75, 3.05) is 13.1 Å². The molecule has 114 valence electrons. The molecule has 6 heteroatoms. The number of hydrogen-bond donors (Lipinski definition) is 0. The number of likely N-dealkylation sites (tertiary alicyclic amines) is 1. The van der Waals surface area contributed by atoms with Gasteiger partial charge in [-0.05, 0) is 31.9 Å². The molecule has 0 bridgehead atoms. The molecule has 2 aromatic rings. The van der Waals surface area contributed by atoms with Gasteiger partial charge in [-0.2, -0.15) is 5.10 Å². The highest BCUT2D eigenvalue weighted by Gasteiger charge is 2.24. The van der Waals surface area contributed by atoms with Gasteiger partial charge in [0, 0.05) is 24.8 Å². The molecule has 2 heterocycles. The van der Waals surface area contributed by atoms with Gasteiger partial charge in [0.15, 0.2) is 5.69 Å². The molecule has 5 nitrogen and oxygen atoms in total. The first-order valence-corrected chi connectivity index (χ1v) is 7.23. The lowest BCUT2D eigenvalue weighted by Crippen LogP contribution is -2.34. The zero-order valence-corrected chi connectivity index (χ0v) is 12.3. The van der Waals surface area contributed by atoms with E-state index in [1.807, 2.05) is 0 Å². The number of carbonyl (C=O) groups excluding carboxylic acids is 1. The molecule has 1 aliphatic rings. The zero-order valence-electron chi connectivity index (χ0n) is 12.3. The number of carbonyl (C=O) groups is 1. The SMILES string of the molecule is Cc1cc(=O)c(C(=O)N2CCCC2)nn1-c1ccccc1F. The van der Waals surface area contributed by atoms with E-state index in [2.05, 4.69) is 5.10 Å². The minimum absolute atomic E-state index is 0.157. The summed E-state index contributed by atoms with van der Waals surface area (Å²) in [6.07, 6.45) is 1.86. The van der Waals surface area contributed by atoms with Crippen LogP contribution in [0.25, 0.3) is 5.69 Å². The molecule has 3 rings (SSSR count). The lowest BCUT2D eigenvalue weighted by molar-refractivity contribution is 0.0783. The maximum absolute atomic E-state index is 14.0. The summed E-state index contributed by atoms with van der Waals surface area (Å²) in [4.78, 5) is 26.1. The molecule has 22 heavy (non-hydrogen) atoms. The fraction of sp³-hybridized carbons (Fsp3) is 0.312. The summed E-state index contributed by atoms with van der Waals surface area (Å²) in [6.45, 7) is 2.92. The van der Waals surface area contributed by atoms with Crippen LogP contribution in [0.1, 0.15) is 29.0 Å². The smallest absolute Gasteiger partial charge is 0.278 e. The zero-order chi connectivity index (χ0) is 15.7. The second-order valence-corrected chi connectivity index (χ2v) is 5.36. The first kappa shape index (κ1) is 14.4. The molecule has 1 aromatic heterocycles. The number of amides is 1. The summed E-state index contributed by atoms with van der Waals surface area (Å²) in [7, 11) is 0. The van der Waals surface area contributed by atoms with E-state index in [9.17, 15) is 14.0 Å². The summed E-state index contributed by atoms with van der Waals surface area (Å²) in [5.74, 6) is -0.839. The summed E-state index contributed by atoms with van der Waals surface area (Å²) in [5, 5.41) is 4.12. The van der Waals surface area contributed by atoms with Gasteiger partial charge in [-0.15, -0.1) is 0 Å². The van der Waals surface area contributed by atoms with Crippen LogP contribution in [0.5, 0.6) is 0 Å². The molecule has 1 amide bonds. The van der Waals surface area contributed by atoms with Gasteiger partial charge in [0.05, 0.1) is 0 Å². The minimum Gasteiger partial charge on any atom is -0.337 e. The van der Waals surface area contributed by atoms with E-state index in [0.29, 0.717) is 18.8 Å². The number of nitrogens with zero attached hydrogens (tertiary/aromatic N) is 3. The van der Waals surface area contributed by atoms with Crippen molar-refractivity contribution in [3.05, 3.63) is 57.8 Å². The standard InChI is InChI=1S/C16H16FN3O2/c1-11-10-14(21)15(16(22)19-8-4-5-9-19)18-20(11)13-7-3-2-6-12(13)17/h2-3,6-7,10H,4-5,8-9H2,1H3. The van der Waals surface area contributed by atoms with Gasteiger partial charge in [0.1, 0.15) is 11.5 Å². The van der Waals surface area contributed by atoms with E-state index in [1.54, 1.807) is 30.0 Å². The molecule has 0 N–H and O–H groups in total. The fourth-order valence-corrected chi connectivity index (χ4v) is 2.63. The first-order chi connectivity index (χ1) is 10.6. The van der Waals surface area contributed by atoms with Crippen LogP contribution in [-0.2, 0) is 0 Å². The van der Waals surface area contributed by atoms with Gasteiger partial charge in [-0.25, -0.2) is 9.07 Å². The first-order valence-electron chi connectivity index (χ1n) is 7.23. The third-order valence-corrected chi connectivity index (χ3v) is 3.78. The van der Waals surface area contributed by atoms with E-state index in [-0.39, 0.29) is 17.3 Å². The highest BCUT2D eigenvalue weighted by Crippen LogP contribution is 2.14. The maximum Gasteiger partial charge on any atom is 0.278 e. The van der Waals surface area contributed by atoms with Crippen LogP contribution in [0.3, 0.4) is 0 Å². The van der Waals surface area contributed by atoms with Crippen molar-refractivity contribution in [3.63, 3.8) is 0 Å². The average molecular weight is 301 g/mol. The van der Waals surface area contributed by atoms with Gasteiger partial charge >= 0.3 is 0 Å². The highest BCUT2D eigenvalue weighted by molar-refractivity contribution is 5.92. The molecule has 0 spiro atoms. The summed E-state index contributed by atoms with van der Waals surface area (Å²) in [5.41, 5.74) is 0.112. The van der Waals surface area contributed by atoms with Gasteiger partial charge < -0.3 is 4.90 Å². The Hall–Kier alpha value is -2.50. The Kier molecular flexibility index (Phi) is 3.75. The van der Waals surface area contributed by atoms with Crippen LogP contribution >= 0.6 is 0 Å². The lowest BCUT2D eigenvalue weighted by atomic mass is 10.2. The van der Waals surface area contributed by atoms with Crippen molar-refractivity contribution < 1.29 is 9.18 Å². The van der Waals surface area contributed by atoms with Crippen molar-refractivity contribution >= 4 is 5.91 Å². The fourth-order valence-electron chi connectivity index (χ4n) is 2.63. The minimum atomic E-state index is -0.457. The van der Waals surface area contributed by atoms with Gasteiger partial charge in [-0.1, -0.05) is 12.1 Å². The van der Waals surface area contributed by atoms with Crippen LogP contribution < -0.4 is 5.43 Å². The Morgan fingerprint density at radius 3 is 2.59 bits per heavy atom. The molecule has 1 aliphatic heterocycles. The molecule has 0 saturated carbocycles.